The first kappa shape index (κ1) is 16.0. The fraction of sp³-hybridized carbons (Fsp3) is 0.261. The molecule has 2 aromatic carbocycles. The minimum atomic E-state index is -2.21. The molecule has 4 rings (SSSR count). The van der Waals surface area contributed by atoms with Crippen molar-refractivity contribution in [1.82, 2.24) is 0 Å². The first-order valence-corrected chi connectivity index (χ1v) is 13.6. The Labute approximate surface area is 148 Å². The van der Waals surface area contributed by atoms with Gasteiger partial charge in [0, 0.05) is 0 Å². The average Bonchev–Trinajstić information content (AvgIpc) is 3.21. The van der Waals surface area contributed by atoms with Crippen LogP contribution in [0.3, 0.4) is 0 Å². The van der Waals surface area contributed by atoms with Crippen LogP contribution in [0.4, 0.5) is 0 Å². The van der Waals surface area contributed by atoms with Crippen LogP contribution >= 0.6 is 0 Å². The van der Waals surface area contributed by atoms with E-state index in [1.165, 1.54) is 27.8 Å². The van der Waals surface area contributed by atoms with E-state index in [4.69, 9.17) is 0 Å². The monoisotopic (exact) mass is 349 g/mol. The van der Waals surface area contributed by atoms with Crippen LogP contribution in [-0.4, -0.2) is 3.81 Å². The third-order valence-corrected chi connectivity index (χ3v) is 12.7. The third-order valence-electron chi connectivity index (χ3n) is 5.98. The molecule has 0 radical (unpaired) electrons. The Morgan fingerprint density at radius 2 is 1.67 bits per heavy atom. The van der Waals surface area contributed by atoms with Crippen LogP contribution in [0.25, 0.3) is 16.7 Å². The summed E-state index contributed by atoms with van der Waals surface area (Å²) in [6, 6.07) is 13.7. The van der Waals surface area contributed by atoms with Crippen molar-refractivity contribution in [3.63, 3.8) is 0 Å². The third kappa shape index (κ3) is 2.36. The average molecular weight is 349 g/mol. The first-order chi connectivity index (χ1) is 11.5. The van der Waals surface area contributed by atoms with E-state index in [2.05, 4.69) is 78.9 Å². The number of benzene rings is 2. The fourth-order valence-electron chi connectivity index (χ4n) is 4.09. The van der Waals surface area contributed by atoms with Gasteiger partial charge in [0.25, 0.3) is 0 Å². The van der Waals surface area contributed by atoms with Crippen LogP contribution in [0.5, 0.6) is 0 Å². The van der Waals surface area contributed by atoms with E-state index in [1.54, 1.807) is 13.2 Å². The second kappa shape index (κ2) is 5.79. The van der Waals surface area contributed by atoms with E-state index in [9.17, 15) is 0 Å². The summed E-state index contributed by atoms with van der Waals surface area (Å²) in [5.74, 6) is 0. The molecule has 0 fully saturated rings. The quantitative estimate of drug-likeness (QED) is 0.522. The van der Waals surface area contributed by atoms with Crippen LogP contribution in [0, 0.1) is 0 Å². The van der Waals surface area contributed by atoms with Gasteiger partial charge in [-0.1, -0.05) is 0 Å². The van der Waals surface area contributed by atoms with Crippen LogP contribution in [0.2, 0.25) is 10.5 Å². The van der Waals surface area contributed by atoms with Crippen molar-refractivity contribution in [2.45, 2.75) is 37.1 Å². The van der Waals surface area contributed by atoms with Crippen molar-refractivity contribution in [1.29, 1.82) is 0 Å². The van der Waals surface area contributed by atoms with Gasteiger partial charge in [0.1, 0.15) is 0 Å². The summed E-state index contributed by atoms with van der Waals surface area (Å²) >= 11 is -2.21. The molecular weight excluding hydrogens is 324 g/mol. The SMILES string of the molecule is C[C](C)=[Ti]([CH3])([CH3])[c]1c(C2=CC=CC2)ccc2c1Cc1ccccc1-2. The van der Waals surface area contributed by atoms with E-state index >= 15 is 0 Å². The summed E-state index contributed by atoms with van der Waals surface area (Å²) in [4.78, 5) is 0. The van der Waals surface area contributed by atoms with Crippen LogP contribution in [-0.2, 0) is 22.5 Å². The summed E-state index contributed by atoms with van der Waals surface area (Å²) in [5, 5.41) is 5.14. The van der Waals surface area contributed by atoms with Gasteiger partial charge in [0.05, 0.1) is 0 Å². The molecule has 2 aliphatic rings. The molecule has 0 saturated carbocycles. The number of allylic oxidation sites excluding steroid dienone is 4. The minimum absolute atomic E-state index is 1.08. The Kier molecular flexibility index (Phi) is 3.86. The van der Waals surface area contributed by atoms with E-state index in [-0.39, 0.29) is 0 Å². The molecule has 0 aromatic heterocycles. The number of hydrogen-bond acceptors (Lipinski definition) is 0. The maximum atomic E-state index is 2.57. The number of rotatable bonds is 2. The molecule has 121 valence electrons. The van der Waals surface area contributed by atoms with Gasteiger partial charge in [-0.05, 0) is 0 Å². The summed E-state index contributed by atoms with van der Waals surface area (Å²) in [5.41, 5.74) is 9.08. The molecule has 2 aliphatic carbocycles. The molecule has 0 nitrogen and oxygen atoms in total. The second-order valence-electron chi connectivity index (χ2n) is 7.80. The predicted octanol–water partition coefficient (Wildman–Crippen LogP) is 5.69. The van der Waals surface area contributed by atoms with Crippen molar-refractivity contribution < 1.29 is 16.1 Å². The summed E-state index contributed by atoms with van der Waals surface area (Å²) < 4.78 is 3.38. The molecule has 0 unspecified atom stereocenters. The van der Waals surface area contributed by atoms with Crippen molar-refractivity contribution in [2.24, 2.45) is 0 Å². The summed E-state index contributed by atoms with van der Waals surface area (Å²) in [6.07, 6.45) is 9.00. The second-order valence-corrected chi connectivity index (χ2v) is 15.2. The van der Waals surface area contributed by atoms with Crippen LogP contribution in [0.15, 0.2) is 54.6 Å². The topological polar surface area (TPSA) is 0 Å². The van der Waals surface area contributed by atoms with Crippen molar-refractivity contribution in [3.05, 3.63) is 71.3 Å². The Bertz CT molecular complexity index is 944. The maximum absolute atomic E-state index is 2.57. The zero-order valence-electron chi connectivity index (χ0n) is 15.1. The molecule has 0 heterocycles. The van der Waals surface area contributed by atoms with Gasteiger partial charge in [-0.3, -0.25) is 0 Å². The first-order valence-electron chi connectivity index (χ1n) is 8.91. The zero-order chi connectivity index (χ0) is 16.9. The molecular formula is C23H25Ti. The Hall–Kier alpha value is -1.50. The Balaban J connectivity index is 2.04. The van der Waals surface area contributed by atoms with E-state index in [0.717, 1.165) is 12.8 Å². The fourth-order valence-corrected chi connectivity index (χ4v) is 7.83. The molecule has 24 heavy (non-hydrogen) atoms. The molecule has 2 aromatic rings. The number of fused-ring (bicyclic) bond motifs is 3. The van der Waals surface area contributed by atoms with Gasteiger partial charge in [-0.25, -0.2) is 0 Å². The molecule has 0 N–H and O–H groups in total. The normalized spacial score (nSPS) is 15.2. The molecule has 0 spiro atoms. The van der Waals surface area contributed by atoms with Crippen molar-refractivity contribution in [3.8, 4) is 11.1 Å². The summed E-state index contributed by atoms with van der Waals surface area (Å²) in [6.45, 7) is 4.71. The van der Waals surface area contributed by atoms with E-state index in [1.807, 2.05) is 0 Å². The Morgan fingerprint density at radius 3 is 2.38 bits per heavy atom. The van der Waals surface area contributed by atoms with Crippen LogP contribution < -0.4 is 3.87 Å². The molecule has 0 bridgehead atoms. The molecule has 0 amide bonds. The van der Waals surface area contributed by atoms with Gasteiger partial charge >= 0.3 is 149 Å². The van der Waals surface area contributed by atoms with Crippen LogP contribution in [0.1, 0.15) is 37.0 Å². The van der Waals surface area contributed by atoms with Gasteiger partial charge < -0.3 is 0 Å². The number of hydrogen-bond donors (Lipinski definition) is 0. The van der Waals surface area contributed by atoms with E-state index in [0.29, 0.717) is 0 Å². The van der Waals surface area contributed by atoms with Gasteiger partial charge in [-0.15, -0.1) is 0 Å². The van der Waals surface area contributed by atoms with Crippen molar-refractivity contribution in [2.75, 3.05) is 0 Å². The summed E-state index contributed by atoms with van der Waals surface area (Å²) in [7, 11) is 0. The van der Waals surface area contributed by atoms with Gasteiger partial charge in [0.15, 0.2) is 0 Å². The van der Waals surface area contributed by atoms with Gasteiger partial charge in [-0.2, -0.15) is 0 Å². The Morgan fingerprint density at radius 1 is 0.917 bits per heavy atom. The molecule has 1 heteroatoms. The predicted molar refractivity (Wildman–Crippen MR) is 104 cm³/mol. The van der Waals surface area contributed by atoms with Crippen molar-refractivity contribution >= 4 is 13.3 Å². The van der Waals surface area contributed by atoms with E-state index < -0.39 is 16.1 Å². The zero-order valence-corrected chi connectivity index (χ0v) is 16.7. The molecule has 0 atom stereocenters. The molecule has 0 saturated heterocycles. The van der Waals surface area contributed by atoms with Gasteiger partial charge in [0.2, 0.25) is 0 Å². The standard InChI is InChI=1S/C18H13.C3H6.2CH3.Ti/c1-2-6-13(5-1)14-9-10-18-16(11-14)12-15-7-3-4-8-17(15)18;1-3-2;;;/h1-5,7-10H,6,12H2;1-2H3;2*1H3;. The molecule has 0 aliphatic heterocycles.